The van der Waals surface area contributed by atoms with E-state index in [0.717, 1.165) is 25.1 Å². The van der Waals surface area contributed by atoms with Gasteiger partial charge in [0.2, 0.25) is 5.95 Å². The van der Waals surface area contributed by atoms with Crippen molar-refractivity contribution in [2.75, 3.05) is 18.5 Å². The van der Waals surface area contributed by atoms with Gasteiger partial charge in [0.25, 0.3) is 0 Å². The van der Waals surface area contributed by atoms with Crippen molar-refractivity contribution in [3.63, 3.8) is 0 Å². The summed E-state index contributed by atoms with van der Waals surface area (Å²) < 4.78 is 0. The number of nitrogens with zero attached hydrogens (tertiary/aromatic N) is 3. The van der Waals surface area contributed by atoms with Gasteiger partial charge in [-0.15, -0.1) is 0 Å². The van der Waals surface area contributed by atoms with Crippen LogP contribution < -0.4 is 10.2 Å². The number of nitrogens with one attached hydrogen (secondary N) is 1. The molecule has 0 unspecified atom stereocenters. The molecule has 0 radical (unpaired) electrons. The molecule has 1 aliphatic carbocycles. The highest BCUT2D eigenvalue weighted by atomic mass is 15.2. The molecule has 1 aromatic rings. The molecular formula is C14H24N4. The Morgan fingerprint density at radius 3 is 2.61 bits per heavy atom. The van der Waals surface area contributed by atoms with Gasteiger partial charge in [0.15, 0.2) is 0 Å². The molecule has 1 saturated carbocycles. The molecule has 2 rings (SSSR count). The average Bonchev–Trinajstić information content (AvgIpc) is 3.21. The van der Waals surface area contributed by atoms with Crippen LogP contribution in [0.1, 0.15) is 44.6 Å². The van der Waals surface area contributed by atoms with Crippen molar-refractivity contribution < 1.29 is 0 Å². The van der Waals surface area contributed by atoms with Crippen LogP contribution in [0.25, 0.3) is 0 Å². The summed E-state index contributed by atoms with van der Waals surface area (Å²) in [6.07, 6.45) is 10.2. The van der Waals surface area contributed by atoms with Gasteiger partial charge in [0.05, 0.1) is 0 Å². The predicted octanol–water partition coefficient (Wildman–Crippen LogP) is 2.36. The number of aromatic nitrogens is 2. The maximum Gasteiger partial charge on any atom is 0.224 e. The van der Waals surface area contributed by atoms with E-state index in [4.69, 9.17) is 0 Å². The van der Waals surface area contributed by atoms with Crippen molar-refractivity contribution in [1.82, 2.24) is 15.3 Å². The van der Waals surface area contributed by atoms with E-state index in [1.807, 2.05) is 12.4 Å². The highest BCUT2D eigenvalue weighted by molar-refractivity contribution is 5.28. The Hall–Kier alpha value is -1.16. The molecule has 0 aliphatic heterocycles. The zero-order chi connectivity index (χ0) is 12.8. The molecule has 0 aromatic carbocycles. The molecule has 18 heavy (non-hydrogen) atoms. The normalized spacial score (nSPS) is 14.8. The molecule has 4 heteroatoms. The van der Waals surface area contributed by atoms with Crippen LogP contribution in [0.15, 0.2) is 12.4 Å². The summed E-state index contributed by atoms with van der Waals surface area (Å²) in [4.78, 5) is 11.0. The van der Waals surface area contributed by atoms with Crippen molar-refractivity contribution >= 4 is 5.95 Å². The molecule has 0 amide bonds. The van der Waals surface area contributed by atoms with Crippen molar-refractivity contribution in [3.8, 4) is 0 Å². The van der Waals surface area contributed by atoms with E-state index >= 15 is 0 Å². The molecule has 0 spiro atoms. The smallest absolute Gasteiger partial charge is 0.224 e. The largest absolute Gasteiger partial charge is 0.344 e. The topological polar surface area (TPSA) is 41.1 Å². The maximum atomic E-state index is 4.43. The van der Waals surface area contributed by atoms with E-state index in [9.17, 15) is 0 Å². The summed E-state index contributed by atoms with van der Waals surface area (Å²) >= 11 is 0. The molecule has 1 aliphatic rings. The van der Waals surface area contributed by atoms with Gasteiger partial charge in [0, 0.05) is 44.1 Å². The molecule has 1 fully saturated rings. The third kappa shape index (κ3) is 4.26. The fourth-order valence-electron chi connectivity index (χ4n) is 1.88. The highest BCUT2D eigenvalue weighted by Gasteiger charge is 2.19. The Bertz CT molecular complexity index is 345. The van der Waals surface area contributed by atoms with Gasteiger partial charge in [-0.2, -0.15) is 0 Å². The monoisotopic (exact) mass is 248 g/mol. The Balaban J connectivity index is 1.77. The lowest BCUT2D eigenvalue weighted by atomic mass is 10.2. The van der Waals surface area contributed by atoms with Crippen LogP contribution in [0.2, 0.25) is 0 Å². The second-order valence-corrected chi connectivity index (χ2v) is 5.18. The van der Waals surface area contributed by atoms with Gasteiger partial charge in [0.1, 0.15) is 0 Å². The van der Waals surface area contributed by atoms with Crippen molar-refractivity contribution in [3.05, 3.63) is 18.0 Å². The molecule has 0 bridgehead atoms. The summed E-state index contributed by atoms with van der Waals surface area (Å²) in [6, 6.07) is 0.737. The average molecular weight is 248 g/mol. The lowest BCUT2D eigenvalue weighted by molar-refractivity contribution is 0.678. The minimum absolute atomic E-state index is 0.737. The second-order valence-electron chi connectivity index (χ2n) is 5.18. The third-order valence-corrected chi connectivity index (χ3v) is 3.30. The van der Waals surface area contributed by atoms with Crippen LogP contribution in [0.5, 0.6) is 0 Å². The van der Waals surface area contributed by atoms with E-state index in [1.54, 1.807) is 0 Å². The van der Waals surface area contributed by atoms with Crippen LogP contribution in [0.3, 0.4) is 0 Å². The molecular weight excluding hydrogens is 224 g/mol. The molecule has 1 heterocycles. The Labute approximate surface area is 110 Å². The fraction of sp³-hybridized carbons (Fsp3) is 0.714. The number of rotatable bonds is 8. The van der Waals surface area contributed by atoms with Gasteiger partial charge >= 0.3 is 0 Å². The summed E-state index contributed by atoms with van der Waals surface area (Å²) in [5, 5.41) is 3.47. The van der Waals surface area contributed by atoms with E-state index < -0.39 is 0 Å². The van der Waals surface area contributed by atoms with Crippen LogP contribution in [0, 0.1) is 0 Å². The minimum Gasteiger partial charge on any atom is -0.344 e. The van der Waals surface area contributed by atoms with E-state index in [2.05, 4.69) is 34.2 Å². The molecule has 1 N–H and O–H groups in total. The van der Waals surface area contributed by atoms with Gasteiger partial charge in [-0.25, -0.2) is 9.97 Å². The van der Waals surface area contributed by atoms with Crippen LogP contribution in [-0.4, -0.2) is 29.6 Å². The first kappa shape index (κ1) is 13.3. The number of hydrogen-bond acceptors (Lipinski definition) is 4. The maximum absolute atomic E-state index is 4.43. The fourth-order valence-corrected chi connectivity index (χ4v) is 1.88. The summed E-state index contributed by atoms with van der Waals surface area (Å²) in [6.45, 7) is 4.15. The van der Waals surface area contributed by atoms with Gasteiger partial charge < -0.3 is 10.2 Å². The first-order chi connectivity index (χ1) is 8.79. The molecule has 1 aromatic heterocycles. The first-order valence-corrected chi connectivity index (χ1v) is 7.05. The van der Waals surface area contributed by atoms with Gasteiger partial charge in [-0.1, -0.05) is 19.8 Å². The molecule has 0 atom stereocenters. The Morgan fingerprint density at radius 2 is 2.00 bits per heavy atom. The quantitative estimate of drug-likeness (QED) is 0.717. The van der Waals surface area contributed by atoms with E-state index in [0.29, 0.717) is 0 Å². The lowest BCUT2D eigenvalue weighted by Crippen LogP contribution is -2.21. The number of hydrogen-bond donors (Lipinski definition) is 1. The summed E-state index contributed by atoms with van der Waals surface area (Å²) in [5.41, 5.74) is 1.17. The van der Waals surface area contributed by atoms with Crippen molar-refractivity contribution in [2.24, 2.45) is 0 Å². The van der Waals surface area contributed by atoms with Gasteiger partial charge in [-0.3, -0.25) is 0 Å². The summed E-state index contributed by atoms with van der Waals surface area (Å²) in [5.74, 6) is 0.835. The summed E-state index contributed by atoms with van der Waals surface area (Å²) in [7, 11) is 2.06. The molecule has 4 nitrogen and oxygen atoms in total. The molecule has 100 valence electrons. The first-order valence-electron chi connectivity index (χ1n) is 7.05. The predicted molar refractivity (Wildman–Crippen MR) is 74.7 cm³/mol. The zero-order valence-electron chi connectivity index (χ0n) is 11.5. The van der Waals surface area contributed by atoms with E-state index in [-0.39, 0.29) is 0 Å². The lowest BCUT2D eigenvalue weighted by Gasteiger charge is -2.16. The Kier molecular flexibility index (Phi) is 4.93. The molecule has 0 saturated heterocycles. The van der Waals surface area contributed by atoms with E-state index in [1.165, 1.54) is 37.7 Å². The van der Waals surface area contributed by atoms with Crippen LogP contribution in [-0.2, 0) is 6.54 Å². The zero-order valence-corrected chi connectivity index (χ0v) is 11.5. The SMILES string of the molecule is CCCCCN(C)c1ncc(CNC2CC2)cn1. The van der Waals surface area contributed by atoms with Crippen LogP contribution >= 0.6 is 0 Å². The highest BCUT2D eigenvalue weighted by Crippen LogP contribution is 2.19. The van der Waals surface area contributed by atoms with Crippen LogP contribution in [0.4, 0.5) is 5.95 Å². The minimum atomic E-state index is 0.737. The third-order valence-electron chi connectivity index (χ3n) is 3.30. The standard InChI is InChI=1S/C14H24N4/c1-3-4-5-8-18(2)14-16-10-12(11-17-14)9-15-13-6-7-13/h10-11,13,15H,3-9H2,1-2H3. The van der Waals surface area contributed by atoms with Crippen molar-refractivity contribution in [1.29, 1.82) is 0 Å². The second kappa shape index (κ2) is 6.69. The Morgan fingerprint density at radius 1 is 1.28 bits per heavy atom. The number of unbranched alkanes of at least 4 members (excludes halogenated alkanes) is 2. The van der Waals surface area contributed by atoms with Gasteiger partial charge in [-0.05, 0) is 19.3 Å². The number of anilines is 1. The van der Waals surface area contributed by atoms with Crippen molar-refractivity contribution in [2.45, 2.75) is 51.6 Å².